The van der Waals surface area contributed by atoms with Crippen molar-refractivity contribution in [3.63, 3.8) is 0 Å². The quantitative estimate of drug-likeness (QED) is 0.359. The van der Waals surface area contributed by atoms with Crippen LogP contribution in [-0.4, -0.2) is 17.1 Å². The molecule has 0 aliphatic heterocycles. The van der Waals surface area contributed by atoms with Crippen LogP contribution < -0.4 is 5.76 Å². The Morgan fingerprint density at radius 2 is 2.00 bits per heavy atom. The second-order valence-corrected chi connectivity index (χ2v) is 6.23. The largest absolute Gasteiger partial charge is 0.462 e. The maximum Gasteiger partial charge on any atom is 0.419 e. The number of carbonyl (C=O) groups is 1. The predicted octanol–water partition coefficient (Wildman–Crippen LogP) is 3.45. The molecular formula is C17H14INO4. The lowest BCUT2D eigenvalue weighted by atomic mass is 10.2. The molecule has 1 heterocycles. The minimum absolute atomic E-state index is 0.246. The average molecular weight is 423 g/mol. The first-order chi connectivity index (χ1) is 11.1. The van der Waals surface area contributed by atoms with Crippen molar-refractivity contribution in [3.8, 4) is 0 Å². The summed E-state index contributed by atoms with van der Waals surface area (Å²) < 4.78 is 12.9. The van der Waals surface area contributed by atoms with Gasteiger partial charge in [-0.1, -0.05) is 18.2 Å². The van der Waals surface area contributed by atoms with E-state index in [1.165, 1.54) is 0 Å². The zero-order valence-electron chi connectivity index (χ0n) is 12.2. The number of hydrogen-bond donors (Lipinski definition) is 0. The summed E-state index contributed by atoms with van der Waals surface area (Å²) in [5, 5.41) is 0. The van der Waals surface area contributed by atoms with E-state index in [2.05, 4.69) is 22.6 Å². The topological polar surface area (TPSA) is 61.4 Å². The van der Waals surface area contributed by atoms with Gasteiger partial charge in [-0.3, -0.25) is 4.57 Å². The Labute approximate surface area is 146 Å². The zero-order chi connectivity index (χ0) is 16.2. The first-order valence-electron chi connectivity index (χ1n) is 7.16. The van der Waals surface area contributed by atoms with Crippen LogP contribution in [0, 0.1) is 3.57 Å². The number of rotatable bonds is 5. The minimum atomic E-state index is -0.393. The van der Waals surface area contributed by atoms with E-state index in [9.17, 15) is 9.59 Å². The number of aryl methyl sites for hydroxylation is 1. The molecule has 0 aliphatic rings. The molecule has 0 atom stereocenters. The number of oxazole rings is 1. The standard InChI is InChI=1S/C17H14INO4/c18-13-6-3-5-12(11-13)16(20)22-10-4-9-19-14-7-1-2-8-15(14)23-17(19)21/h1-3,5-8,11H,4,9-10H2. The molecule has 118 valence electrons. The fourth-order valence-corrected chi connectivity index (χ4v) is 2.86. The second-order valence-electron chi connectivity index (χ2n) is 4.99. The van der Waals surface area contributed by atoms with Crippen molar-refractivity contribution in [1.29, 1.82) is 0 Å². The summed E-state index contributed by atoms with van der Waals surface area (Å²) in [4.78, 5) is 23.7. The van der Waals surface area contributed by atoms with Gasteiger partial charge in [0.1, 0.15) is 0 Å². The van der Waals surface area contributed by atoms with Crippen LogP contribution in [0.15, 0.2) is 57.7 Å². The van der Waals surface area contributed by atoms with Crippen LogP contribution in [0.2, 0.25) is 0 Å². The average Bonchev–Trinajstić information content (AvgIpc) is 2.87. The third-order valence-electron chi connectivity index (χ3n) is 3.39. The predicted molar refractivity (Wildman–Crippen MR) is 94.5 cm³/mol. The number of esters is 1. The first kappa shape index (κ1) is 15.8. The van der Waals surface area contributed by atoms with Crippen LogP contribution in [0.4, 0.5) is 0 Å². The number of halogens is 1. The molecule has 5 nitrogen and oxygen atoms in total. The third kappa shape index (κ3) is 3.64. The van der Waals surface area contributed by atoms with Gasteiger partial charge in [0.2, 0.25) is 0 Å². The van der Waals surface area contributed by atoms with Crippen molar-refractivity contribution in [3.05, 3.63) is 68.2 Å². The van der Waals surface area contributed by atoms with Gasteiger partial charge >= 0.3 is 11.7 Å². The second kappa shape index (κ2) is 6.99. The van der Waals surface area contributed by atoms with Crippen molar-refractivity contribution >= 4 is 39.7 Å². The zero-order valence-corrected chi connectivity index (χ0v) is 14.4. The monoisotopic (exact) mass is 423 g/mol. The third-order valence-corrected chi connectivity index (χ3v) is 4.06. The van der Waals surface area contributed by atoms with Crippen molar-refractivity contribution in [2.75, 3.05) is 6.61 Å². The lowest BCUT2D eigenvalue weighted by Gasteiger charge is -2.05. The summed E-state index contributed by atoms with van der Waals surface area (Å²) in [6, 6.07) is 14.5. The van der Waals surface area contributed by atoms with Gasteiger partial charge in [0.25, 0.3) is 0 Å². The van der Waals surface area contributed by atoms with Crippen LogP contribution in [0.5, 0.6) is 0 Å². The number of aromatic nitrogens is 1. The maximum atomic E-state index is 11.9. The van der Waals surface area contributed by atoms with E-state index >= 15 is 0 Å². The van der Waals surface area contributed by atoms with Gasteiger partial charge in [0, 0.05) is 10.1 Å². The number of fused-ring (bicyclic) bond motifs is 1. The van der Waals surface area contributed by atoms with Crippen LogP contribution in [-0.2, 0) is 11.3 Å². The van der Waals surface area contributed by atoms with E-state index in [1.807, 2.05) is 30.3 Å². The van der Waals surface area contributed by atoms with Gasteiger partial charge in [-0.25, -0.2) is 9.59 Å². The Hall–Kier alpha value is -2.09. The maximum absolute atomic E-state index is 11.9. The van der Waals surface area contributed by atoms with Crippen LogP contribution in [0.1, 0.15) is 16.8 Å². The van der Waals surface area contributed by atoms with Crippen molar-refractivity contribution in [2.24, 2.45) is 0 Å². The lowest BCUT2D eigenvalue weighted by molar-refractivity contribution is 0.0496. The molecule has 0 aliphatic carbocycles. The molecule has 0 unspecified atom stereocenters. The number of carbonyl (C=O) groups excluding carboxylic acids is 1. The molecule has 6 heteroatoms. The highest BCUT2D eigenvalue weighted by molar-refractivity contribution is 14.1. The minimum Gasteiger partial charge on any atom is -0.462 e. The SMILES string of the molecule is O=C(OCCCn1c(=O)oc2ccccc21)c1cccc(I)c1. The number of nitrogens with zero attached hydrogens (tertiary/aromatic N) is 1. The number of benzene rings is 2. The number of ether oxygens (including phenoxy) is 1. The molecular weight excluding hydrogens is 409 g/mol. The molecule has 0 radical (unpaired) electrons. The first-order valence-corrected chi connectivity index (χ1v) is 8.24. The smallest absolute Gasteiger partial charge is 0.419 e. The molecule has 2 aromatic carbocycles. The normalized spacial score (nSPS) is 10.8. The van der Waals surface area contributed by atoms with Gasteiger partial charge in [0.05, 0.1) is 17.7 Å². The van der Waals surface area contributed by atoms with E-state index < -0.39 is 5.76 Å². The molecule has 1 aromatic heterocycles. The van der Waals surface area contributed by atoms with Gasteiger partial charge in [-0.15, -0.1) is 0 Å². The fourth-order valence-electron chi connectivity index (χ4n) is 2.31. The highest BCUT2D eigenvalue weighted by atomic mass is 127. The molecule has 0 saturated carbocycles. The van der Waals surface area contributed by atoms with Crippen LogP contribution in [0.3, 0.4) is 0 Å². The van der Waals surface area contributed by atoms with Crippen molar-refractivity contribution < 1.29 is 13.9 Å². The molecule has 0 N–H and O–H groups in total. The number of hydrogen-bond acceptors (Lipinski definition) is 4. The summed E-state index contributed by atoms with van der Waals surface area (Å²) in [7, 11) is 0. The summed E-state index contributed by atoms with van der Waals surface area (Å²) >= 11 is 2.15. The van der Waals surface area contributed by atoms with E-state index in [0.717, 1.165) is 9.09 Å². The van der Waals surface area contributed by atoms with Gasteiger partial charge < -0.3 is 9.15 Å². The van der Waals surface area contributed by atoms with E-state index in [1.54, 1.807) is 22.8 Å². The summed E-state index contributed by atoms with van der Waals surface area (Å²) in [6.45, 7) is 0.686. The van der Waals surface area contributed by atoms with Gasteiger partial charge in [-0.2, -0.15) is 0 Å². The Balaban J connectivity index is 1.58. The Morgan fingerprint density at radius 3 is 2.83 bits per heavy atom. The fraction of sp³-hybridized carbons (Fsp3) is 0.176. The molecule has 0 amide bonds. The highest BCUT2D eigenvalue weighted by Crippen LogP contribution is 2.12. The van der Waals surface area contributed by atoms with E-state index in [0.29, 0.717) is 24.1 Å². The van der Waals surface area contributed by atoms with Gasteiger partial charge in [-0.05, 0) is 59.3 Å². The molecule has 0 fully saturated rings. The molecule has 3 aromatic rings. The summed E-state index contributed by atoms with van der Waals surface area (Å²) in [6.07, 6.45) is 0.541. The molecule has 0 spiro atoms. The van der Waals surface area contributed by atoms with Crippen molar-refractivity contribution in [2.45, 2.75) is 13.0 Å². The van der Waals surface area contributed by atoms with E-state index in [-0.39, 0.29) is 12.6 Å². The molecule has 0 saturated heterocycles. The summed E-state index contributed by atoms with van der Waals surface area (Å²) in [5.74, 6) is -0.747. The molecule has 0 bridgehead atoms. The molecule has 23 heavy (non-hydrogen) atoms. The molecule has 3 rings (SSSR count). The van der Waals surface area contributed by atoms with Gasteiger partial charge in [0.15, 0.2) is 5.58 Å². The lowest BCUT2D eigenvalue weighted by Crippen LogP contribution is -2.16. The summed E-state index contributed by atoms with van der Waals surface area (Å²) in [5.41, 5.74) is 1.85. The van der Waals surface area contributed by atoms with E-state index in [4.69, 9.17) is 9.15 Å². The Morgan fingerprint density at radius 1 is 1.17 bits per heavy atom. The van der Waals surface area contributed by atoms with Crippen molar-refractivity contribution in [1.82, 2.24) is 4.57 Å². The number of para-hydroxylation sites is 2. The van der Waals surface area contributed by atoms with Crippen LogP contribution in [0.25, 0.3) is 11.1 Å². The van der Waals surface area contributed by atoms with Crippen LogP contribution >= 0.6 is 22.6 Å². The highest BCUT2D eigenvalue weighted by Gasteiger charge is 2.10. The Bertz CT molecular complexity index is 897. The Kier molecular flexibility index (Phi) is 4.80.